The number of hydrogen-bond donors (Lipinski definition) is 0. The molecule has 1 aromatic heterocycles. The predicted octanol–water partition coefficient (Wildman–Crippen LogP) is 9.34. The summed E-state index contributed by atoms with van der Waals surface area (Å²) in [5, 5.41) is 6.58. The van der Waals surface area contributed by atoms with Gasteiger partial charge in [0.2, 0.25) is 5.69 Å². The molecule has 5 aromatic rings. The molecular weight excluding hydrogens is 473 g/mol. The second-order valence-electron chi connectivity index (χ2n) is 12.4. The highest BCUT2D eigenvalue weighted by Crippen LogP contribution is 2.53. The van der Waals surface area contributed by atoms with Crippen LogP contribution in [0.1, 0.15) is 51.3 Å². The molecular formula is C34H35FNS+. The average Bonchev–Trinajstić information content (AvgIpc) is 2.82. The van der Waals surface area contributed by atoms with E-state index < -0.39 is 0 Å². The summed E-state index contributed by atoms with van der Waals surface area (Å²) in [5.41, 5.74) is 6.82. The molecule has 0 aliphatic carbocycles. The van der Waals surface area contributed by atoms with Crippen molar-refractivity contribution in [1.82, 2.24) is 0 Å². The molecule has 3 heteroatoms. The lowest BCUT2D eigenvalue weighted by molar-refractivity contribution is -0.659. The molecule has 4 aromatic carbocycles. The molecule has 0 fully saturated rings. The van der Waals surface area contributed by atoms with E-state index >= 15 is 4.39 Å². The first-order valence-corrected chi connectivity index (χ1v) is 14.1. The van der Waals surface area contributed by atoms with E-state index in [9.17, 15) is 0 Å². The molecule has 0 bridgehead atoms. The van der Waals surface area contributed by atoms with Gasteiger partial charge in [0.25, 0.3) is 0 Å². The van der Waals surface area contributed by atoms with Crippen LogP contribution in [-0.2, 0) is 19.9 Å². The summed E-state index contributed by atoms with van der Waals surface area (Å²) in [5.74, 6) is 0.461. The van der Waals surface area contributed by atoms with E-state index in [-0.39, 0.29) is 11.2 Å². The quantitative estimate of drug-likeness (QED) is 0.170. The zero-order valence-corrected chi connectivity index (χ0v) is 23.7. The normalized spacial score (nSPS) is 13.2. The van der Waals surface area contributed by atoms with Gasteiger partial charge in [0.15, 0.2) is 6.20 Å². The first-order chi connectivity index (χ1) is 17.5. The Bertz CT molecular complexity index is 1740. The van der Waals surface area contributed by atoms with Crippen LogP contribution in [0.3, 0.4) is 0 Å². The number of nitrogens with zero attached hydrogens (tertiary/aromatic N) is 1. The molecule has 0 saturated carbocycles. The standard InChI is InChI=1S/C34H35FNS/c1-19(2)15-21-11-12-23-25(16-21)20(3)29-32-31-24(13-14-36(32)7)30-22(9-8-10-27(30)35)17-28(31)37-33(29)26(23)18-34(4,5)6/h8-14,16-17,19H,15,18H2,1-7H3/q+1. The van der Waals surface area contributed by atoms with Crippen LogP contribution >= 0.6 is 11.8 Å². The molecule has 0 saturated heterocycles. The van der Waals surface area contributed by atoms with Crippen molar-refractivity contribution in [1.29, 1.82) is 0 Å². The molecule has 0 atom stereocenters. The Labute approximate surface area is 223 Å². The fraction of sp³-hybridized carbons (Fsp3) is 0.324. The van der Waals surface area contributed by atoms with Crippen LogP contribution in [0.5, 0.6) is 0 Å². The molecule has 1 nitrogen and oxygen atoms in total. The minimum absolute atomic E-state index is 0.147. The average molecular weight is 509 g/mol. The number of hydrogen-bond acceptors (Lipinski definition) is 1. The number of aromatic nitrogens is 1. The van der Waals surface area contributed by atoms with Gasteiger partial charge in [-0.1, -0.05) is 76.7 Å². The van der Waals surface area contributed by atoms with E-state index in [1.54, 1.807) is 6.07 Å². The Balaban J connectivity index is 1.78. The van der Waals surface area contributed by atoms with Crippen molar-refractivity contribution < 1.29 is 8.96 Å². The molecule has 188 valence electrons. The van der Waals surface area contributed by atoms with E-state index in [4.69, 9.17) is 0 Å². The van der Waals surface area contributed by atoms with Gasteiger partial charge >= 0.3 is 0 Å². The van der Waals surface area contributed by atoms with Crippen molar-refractivity contribution in [3.8, 4) is 11.3 Å². The van der Waals surface area contributed by atoms with Gasteiger partial charge in [0.1, 0.15) is 12.9 Å². The molecule has 0 amide bonds. The van der Waals surface area contributed by atoms with Crippen molar-refractivity contribution in [2.75, 3.05) is 0 Å². The van der Waals surface area contributed by atoms with Gasteiger partial charge < -0.3 is 0 Å². The van der Waals surface area contributed by atoms with E-state index in [2.05, 4.69) is 89.7 Å². The molecule has 2 heterocycles. The van der Waals surface area contributed by atoms with Gasteiger partial charge in [-0.15, -0.1) is 0 Å². The Hall–Kier alpha value is -2.91. The van der Waals surface area contributed by atoms with Crippen LogP contribution in [0.2, 0.25) is 0 Å². The lowest BCUT2D eigenvalue weighted by Crippen LogP contribution is -2.32. The van der Waals surface area contributed by atoms with Gasteiger partial charge in [0.05, 0.1) is 10.9 Å². The van der Waals surface area contributed by atoms with Crippen LogP contribution in [0.15, 0.2) is 64.5 Å². The van der Waals surface area contributed by atoms with Crippen molar-refractivity contribution in [2.45, 2.75) is 64.2 Å². The molecule has 37 heavy (non-hydrogen) atoms. The van der Waals surface area contributed by atoms with Crippen molar-refractivity contribution in [3.63, 3.8) is 0 Å². The van der Waals surface area contributed by atoms with Crippen LogP contribution in [0.4, 0.5) is 4.39 Å². The highest BCUT2D eigenvalue weighted by Gasteiger charge is 2.33. The number of benzene rings is 4. The van der Waals surface area contributed by atoms with Gasteiger partial charge in [0, 0.05) is 26.6 Å². The maximum absolute atomic E-state index is 15.2. The third-order valence-corrected chi connectivity index (χ3v) is 8.86. The number of fused-ring (bicyclic) bond motifs is 5. The van der Waals surface area contributed by atoms with E-state index in [1.807, 2.05) is 23.9 Å². The highest BCUT2D eigenvalue weighted by molar-refractivity contribution is 8.00. The van der Waals surface area contributed by atoms with Gasteiger partial charge in [-0.2, -0.15) is 0 Å². The van der Waals surface area contributed by atoms with Crippen LogP contribution < -0.4 is 4.57 Å². The Kier molecular flexibility index (Phi) is 5.65. The number of rotatable bonds is 3. The Morgan fingerprint density at radius 1 is 0.946 bits per heavy atom. The van der Waals surface area contributed by atoms with E-state index in [1.165, 1.54) is 53.9 Å². The minimum atomic E-state index is -0.151. The summed E-state index contributed by atoms with van der Waals surface area (Å²) in [6, 6.07) is 16.9. The fourth-order valence-electron chi connectivity index (χ4n) is 6.20. The summed E-state index contributed by atoms with van der Waals surface area (Å²) < 4.78 is 17.4. The van der Waals surface area contributed by atoms with Crippen molar-refractivity contribution in [3.05, 3.63) is 77.2 Å². The molecule has 1 aliphatic heterocycles. The fourth-order valence-corrected chi connectivity index (χ4v) is 7.57. The molecule has 0 spiro atoms. The summed E-state index contributed by atoms with van der Waals surface area (Å²) in [6.07, 6.45) is 4.18. The first kappa shape index (κ1) is 24.4. The molecule has 0 N–H and O–H groups in total. The van der Waals surface area contributed by atoms with Crippen LogP contribution in [-0.4, -0.2) is 0 Å². The summed E-state index contributed by atoms with van der Waals surface area (Å²) in [7, 11) is 2.13. The summed E-state index contributed by atoms with van der Waals surface area (Å²) in [4.78, 5) is 2.58. The largest absolute Gasteiger partial charge is 0.222 e. The molecule has 1 aliphatic rings. The SMILES string of the molecule is Cc1c2c(c(CC(C)(C)C)c3ccc(CC(C)C)cc13)Sc1cc3cccc(F)c3c3cc[n+](C)c-2c13. The maximum Gasteiger partial charge on any atom is 0.222 e. The van der Waals surface area contributed by atoms with Gasteiger partial charge in [-0.05, 0) is 76.1 Å². The van der Waals surface area contributed by atoms with Gasteiger partial charge in [-0.25, -0.2) is 8.96 Å². The zero-order valence-electron chi connectivity index (χ0n) is 22.9. The Morgan fingerprint density at radius 3 is 2.46 bits per heavy atom. The van der Waals surface area contributed by atoms with E-state index in [0.717, 1.165) is 29.0 Å². The first-order valence-electron chi connectivity index (χ1n) is 13.3. The highest BCUT2D eigenvalue weighted by atomic mass is 32.2. The van der Waals surface area contributed by atoms with E-state index in [0.29, 0.717) is 5.92 Å². The molecule has 0 unspecified atom stereocenters. The van der Waals surface area contributed by atoms with Crippen molar-refractivity contribution in [2.24, 2.45) is 18.4 Å². The molecule has 6 rings (SSSR count). The summed E-state index contributed by atoms with van der Waals surface area (Å²) >= 11 is 1.88. The second-order valence-corrected chi connectivity index (χ2v) is 13.5. The number of pyridine rings is 1. The Morgan fingerprint density at radius 2 is 1.73 bits per heavy atom. The number of aryl methyl sites for hydroxylation is 2. The third-order valence-electron chi connectivity index (χ3n) is 7.66. The van der Waals surface area contributed by atoms with Gasteiger partial charge in [-0.3, -0.25) is 0 Å². The lowest BCUT2D eigenvalue weighted by Gasteiger charge is -2.28. The molecule has 0 radical (unpaired) electrons. The number of halogens is 1. The zero-order chi connectivity index (χ0) is 26.2. The van der Waals surface area contributed by atoms with Crippen LogP contribution in [0.25, 0.3) is 43.6 Å². The topological polar surface area (TPSA) is 3.88 Å². The lowest BCUT2D eigenvalue weighted by atomic mass is 9.82. The predicted molar refractivity (Wildman–Crippen MR) is 156 cm³/mol. The van der Waals surface area contributed by atoms with Crippen molar-refractivity contribution >= 4 is 44.1 Å². The maximum atomic E-state index is 15.2. The van der Waals surface area contributed by atoms with Crippen LogP contribution in [0, 0.1) is 24.1 Å². The second kappa shape index (κ2) is 8.56. The summed E-state index contributed by atoms with van der Waals surface area (Å²) in [6.45, 7) is 13.8. The minimum Gasteiger partial charge on any atom is -0.206 e. The monoisotopic (exact) mass is 508 g/mol. The third kappa shape index (κ3) is 3.94. The smallest absolute Gasteiger partial charge is 0.206 e.